The molecule has 100 valence electrons. The van der Waals surface area contributed by atoms with Gasteiger partial charge in [0.1, 0.15) is 5.82 Å². The number of hydrogen-bond acceptors (Lipinski definition) is 2. The van der Waals surface area contributed by atoms with E-state index in [-0.39, 0.29) is 5.82 Å². The van der Waals surface area contributed by atoms with Crippen LogP contribution in [0.4, 0.5) is 4.39 Å². The minimum absolute atomic E-state index is 0.139. The summed E-state index contributed by atoms with van der Waals surface area (Å²) in [5, 5.41) is 3.35. The Kier molecular flexibility index (Phi) is 4.72. The topological polar surface area (TPSA) is 15.3 Å². The average molecular weight is 250 g/mol. The molecule has 1 fully saturated rings. The molecule has 0 aliphatic heterocycles. The molecular weight excluding hydrogens is 227 g/mol. The van der Waals surface area contributed by atoms with Crippen LogP contribution in [0, 0.1) is 5.82 Å². The van der Waals surface area contributed by atoms with E-state index in [9.17, 15) is 4.39 Å². The highest BCUT2D eigenvalue weighted by atomic mass is 19.1. The van der Waals surface area contributed by atoms with E-state index in [0.29, 0.717) is 12.1 Å². The van der Waals surface area contributed by atoms with Gasteiger partial charge in [-0.2, -0.15) is 0 Å². The van der Waals surface area contributed by atoms with Crippen LogP contribution in [0.2, 0.25) is 0 Å². The molecule has 0 aromatic heterocycles. The predicted octanol–water partition coefficient (Wildman–Crippen LogP) is 2.79. The van der Waals surface area contributed by atoms with E-state index in [4.69, 9.17) is 0 Å². The van der Waals surface area contributed by atoms with Gasteiger partial charge in [0.25, 0.3) is 0 Å². The summed E-state index contributed by atoms with van der Waals surface area (Å²) in [5.41, 5.74) is 1.06. The first-order chi connectivity index (χ1) is 8.69. The molecule has 1 N–H and O–H groups in total. The minimum atomic E-state index is -0.139. The Morgan fingerprint density at radius 2 is 2.00 bits per heavy atom. The number of benzene rings is 1. The second-order valence-corrected chi connectivity index (χ2v) is 5.34. The van der Waals surface area contributed by atoms with Crippen molar-refractivity contribution in [3.05, 3.63) is 35.6 Å². The molecule has 0 heterocycles. The highest BCUT2D eigenvalue weighted by Crippen LogP contribution is 2.23. The SMILES string of the molecule is CNC1CCC(N(C)Cc2cccc(F)c2)CC1. The summed E-state index contributed by atoms with van der Waals surface area (Å²) in [7, 11) is 4.19. The predicted molar refractivity (Wildman–Crippen MR) is 73.0 cm³/mol. The van der Waals surface area contributed by atoms with Crippen molar-refractivity contribution in [3.63, 3.8) is 0 Å². The second kappa shape index (κ2) is 6.30. The zero-order valence-electron chi connectivity index (χ0n) is 11.3. The van der Waals surface area contributed by atoms with Crippen LogP contribution in [-0.4, -0.2) is 31.1 Å². The summed E-state index contributed by atoms with van der Waals surface area (Å²) >= 11 is 0. The van der Waals surface area contributed by atoms with Crippen molar-refractivity contribution < 1.29 is 4.39 Å². The fourth-order valence-electron chi connectivity index (χ4n) is 2.86. The maximum Gasteiger partial charge on any atom is 0.123 e. The molecule has 0 amide bonds. The normalized spacial score (nSPS) is 24.4. The standard InChI is InChI=1S/C15H23FN2/c1-17-14-6-8-15(9-7-14)18(2)11-12-4-3-5-13(16)10-12/h3-5,10,14-15,17H,6-9,11H2,1-2H3. The van der Waals surface area contributed by atoms with Crippen molar-refractivity contribution >= 4 is 0 Å². The van der Waals surface area contributed by atoms with Gasteiger partial charge in [-0.3, -0.25) is 4.90 Å². The van der Waals surface area contributed by atoms with Crippen LogP contribution in [0.3, 0.4) is 0 Å². The minimum Gasteiger partial charge on any atom is -0.317 e. The maximum atomic E-state index is 13.1. The van der Waals surface area contributed by atoms with Crippen molar-refractivity contribution in [1.29, 1.82) is 0 Å². The molecule has 1 aliphatic carbocycles. The monoisotopic (exact) mass is 250 g/mol. The molecule has 3 heteroatoms. The molecule has 0 unspecified atom stereocenters. The first-order valence-electron chi connectivity index (χ1n) is 6.81. The lowest BCUT2D eigenvalue weighted by molar-refractivity contribution is 0.170. The second-order valence-electron chi connectivity index (χ2n) is 5.34. The number of hydrogen-bond donors (Lipinski definition) is 1. The van der Waals surface area contributed by atoms with Gasteiger partial charge in [0.15, 0.2) is 0 Å². The fourth-order valence-corrected chi connectivity index (χ4v) is 2.86. The van der Waals surface area contributed by atoms with E-state index in [1.807, 2.05) is 13.1 Å². The molecule has 0 radical (unpaired) electrons. The lowest BCUT2D eigenvalue weighted by atomic mass is 9.90. The Labute approximate surface area is 109 Å². The van der Waals surface area contributed by atoms with Crippen molar-refractivity contribution in [1.82, 2.24) is 10.2 Å². The molecule has 1 aromatic carbocycles. The Bertz CT molecular complexity index is 373. The summed E-state index contributed by atoms with van der Waals surface area (Å²) in [6, 6.07) is 8.24. The van der Waals surface area contributed by atoms with Gasteiger partial charge in [-0.05, 0) is 57.5 Å². The van der Waals surface area contributed by atoms with E-state index < -0.39 is 0 Å². The summed E-state index contributed by atoms with van der Waals surface area (Å²) in [6.07, 6.45) is 4.96. The number of nitrogens with one attached hydrogen (secondary N) is 1. The first kappa shape index (κ1) is 13.5. The van der Waals surface area contributed by atoms with Gasteiger partial charge in [0.05, 0.1) is 0 Å². The van der Waals surface area contributed by atoms with E-state index in [1.54, 1.807) is 12.1 Å². The molecule has 0 saturated heterocycles. The summed E-state index contributed by atoms with van der Waals surface area (Å²) in [5.74, 6) is -0.139. The smallest absolute Gasteiger partial charge is 0.123 e. The molecule has 18 heavy (non-hydrogen) atoms. The van der Waals surface area contributed by atoms with Crippen LogP contribution in [0.1, 0.15) is 31.2 Å². The van der Waals surface area contributed by atoms with Crippen LogP contribution in [-0.2, 0) is 6.54 Å². The molecule has 2 rings (SSSR count). The van der Waals surface area contributed by atoms with E-state index in [1.165, 1.54) is 31.7 Å². The van der Waals surface area contributed by atoms with Gasteiger partial charge in [-0.15, -0.1) is 0 Å². The van der Waals surface area contributed by atoms with Gasteiger partial charge < -0.3 is 5.32 Å². The number of nitrogens with zero attached hydrogens (tertiary/aromatic N) is 1. The molecule has 1 aliphatic rings. The van der Waals surface area contributed by atoms with Gasteiger partial charge in [-0.1, -0.05) is 12.1 Å². The summed E-state index contributed by atoms with van der Waals surface area (Å²) < 4.78 is 13.1. The lowest BCUT2D eigenvalue weighted by Gasteiger charge is -2.34. The third-order valence-corrected chi connectivity index (χ3v) is 4.05. The van der Waals surface area contributed by atoms with Gasteiger partial charge in [-0.25, -0.2) is 4.39 Å². The zero-order valence-corrected chi connectivity index (χ0v) is 11.3. The highest BCUT2D eigenvalue weighted by molar-refractivity contribution is 5.16. The summed E-state index contributed by atoms with van der Waals surface area (Å²) in [4.78, 5) is 2.36. The van der Waals surface area contributed by atoms with E-state index >= 15 is 0 Å². The van der Waals surface area contributed by atoms with Crippen molar-refractivity contribution in [2.75, 3.05) is 14.1 Å². The molecule has 0 bridgehead atoms. The fraction of sp³-hybridized carbons (Fsp3) is 0.600. The van der Waals surface area contributed by atoms with Crippen molar-refractivity contribution in [3.8, 4) is 0 Å². The van der Waals surface area contributed by atoms with E-state index in [0.717, 1.165) is 12.1 Å². The number of rotatable bonds is 4. The molecule has 1 saturated carbocycles. The van der Waals surface area contributed by atoms with E-state index in [2.05, 4.69) is 17.3 Å². The van der Waals surface area contributed by atoms with Crippen LogP contribution in [0.5, 0.6) is 0 Å². The molecule has 0 atom stereocenters. The first-order valence-corrected chi connectivity index (χ1v) is 6.81. The Morgan fingerprint density at radius 3 is 2.61 bits per heavy atom. The molecular formula is C15H23FN2. The number of halogens is 1. The van der Waals surface area contributed by atoms with Gasteiger partial charge in [0, 0.05) is 18.6 Å². The molecule has 0 spiro atoms. The van der Waals surface area contributed by atoms with Gasteiger partial charge in [0.2, 0.25) is 0 Å². The Hall–Kier alpha value is -0.930. The maximum absolute atomic E-state index is 13.1. The third-order valence-electron chi connectivity index (χ3n) is 4.05. The molecule has 2 nitrogen and oxygen atoms in total. The Morgan fingerprint density at radius 1 is 1.28 bits per heavy atom. The van der Waals surface area contributed by atoms with Crippen LogP contribution >= 0.6 is 0 Å². The van der Waals surface area contributed by atoms with Crippen LogP contribution < -0.4 is 5.32 Å². The lowest BCUT2D eigenvalue weighted by Crippen LogP contribution is -2.39. The Balaban J connectivity index is 1.87. The largest absolute Gasteiger partial charge is 0.317 e. The summed E-state index contributed by atoms with van der Waals surface area (Å²) in [6.45, 7) is 0.840. The van der Waals surface area contributed by atoms with Crippen molar-refractivity contribution in [2.24, 2.45) is 0 Å². The molecule has 1 aromatic rings. The zero-order chi connectivity index (χ0) is 13.0. The third kappa shape index (κ3) is 3.53. The quantitative estimate of drug-likeness (QED) is 0.884. The highest BCUT2D eigenvalue weighted by Gasteiger charge is 2.22. The van der Waals surface area contributed by atoms with Gasteiger partial charge >= 0.3 is 0 Å². The van der Waals surface area contributed by atoms with Crippen LogP contribution in [0.15, 0.2) is 24.3 Å². The average Bonchev–Trinajstić information content (AvgIpc) is 2.39. The van der Waals surface area contributed by atoms with Crippen molar-refractivity contribution in [2.45, 2.75) is 44.3 Å². The van der Waals surface area contributed by atoms with Crippen LogP contribution in [0.25, 0.3) is 0 Å².